The van der Waals surface area contributed by atoms with Crippen LogP contribution in [0.3, 0.4) is 0 Å². The number of nitrogens with zero attached hydrogens (tertiary/aromatic N) is 2. The maximum atomic E-state index is 12.2. The first kappa shape index (κ1) is 18.3. The van der Waals surface area contributed by atoms with Crippen molar-refractivity contribution in [2.75, 3.05) is 5.43 Å². The van der Waals surface area contributed by atoms with Crippen LogP contribution in [0.4, 0.5) is 5.82 Å². The van der Waals surface area contributed by atoms with Gasteiger partial charge in [0.25, 0.3) is 0 Å². The summed E-state index contributed by atoms with van der Waals surface area (Å²) in [6, 6.07) is 16.1. The molecule has 0 saturated carbocycles. The molecule has 0 fully saturated rings. The van der Waals surface area contributed by atoms with E-state index < -0.39 is 0 Å². The van der Waals surface area contributed by atoms with Crippen molar-refractivity contribution >= 4 is 58.4 Å². The molecule has 26 heavy (non-hydrogen) atoms. The molecular weight excluding hydrogens is 389 g/mol. The average molecular weight is 402 g/mol. The quantitative estimate of drug-likeness (QED) is 0.187. The number of ketones is 1. The summed E-state index contributed by atoms with van der Waals surface area (Å²) in [6.45, 7) is 0. The normalized spacial score (nSPS) is 11.3. The Hall–Kier alpha value is -2.47. The summed E-state index contributed by atoms with van der Waals surface area (Å²) in [5.74, 6) is 0.434. The lowest BCUT2D eigenvalue weighted by molar-refractivity contribution is 0.104. The smallest absolute Gasteiger partial charge is 0.187 e. The maximum Gasteiger partial charge on any atom is 0.187 e. The van der Waals surface area contributed by atoms with Crippen molar-refractivity contribution < 1.29 is 4.79 Å². The van der Waals surface area contributed by atoms with Crippen LogP contribution in [-0.2, 0) is 0 Å². The number of carbonyl (C=O) groups excluding carboxylic acids is 1. The first-order chi connectivity index (χ1) is 12.6. The lowest BCUT2D eigenvalue weighted by atomic mass is 10.1. The molecule has 2 aromatic heterocycles. The first-order valence-electron chi connectivity index (χ1n) is 7.60. The molecule has 2 heterocycles. The van der Waals surface area contributed by atoms with Crippen LogP contribution in [0.1, 0.15) is 20.1 Å². The van der Waals surface area contributed by atoms with Gasteiger partial charge in [-0.3, -0.25) is 10.2 Å². The van der Waals surface area contributed by atoms with Gasteiger partial charge in [0.15, 0.2) is 5.78 Å². The zero-order valence-corrected chi connectivity index (χ0v) is 15.7. The van der Waals surface area contributed by atoms with E-state index in [1.165, 1.54) is 17.4 Å². The molecule has 7 heteroatoms. The Morgan fingerprint density at radius 3 is 2.65 bits per heavy atom. The van der Waals surface area contributed by atoms with E-state index in [2.05, 4.69) is 15.5 Å². The molecule has 0 unspecified atom stereocenters. The van der Waals surface area contributed by atoms with Crippen LogP contribution >= 0.6 is 34.5 Å². The number of hydrogen-bond acceptors (Lipinski definition) is 5. The molecule has 0 aliphatic carbocycles. The standard InChI is InChI=1S/C19H13Cl2N3OS/c20-16-5-2-1-4-15(16)17(25)11-10-13-8-9-14(26-13)12-22-24-19-7-3-6-18(21)23-19/h1-12H,(H,23,24). The highest BCUT2D eigenvalue weighted by Gasteiger charge is 2.06. The minimum absolute atomic E-state index is 0.132. The van der Waals surface area contributed by atoms with Gasteiger partial charge >= 0.3 is 0 Å². The van der Waals surface area contributed by atoms with Crippen molar-refractivity contribution in [3.05, 3.63) is 86.2 Å². The van der Waals surface area contributed by atoms with E-state index in [-0.39, 0.29) is 5.78 Å². The van der Waals surface area contributed by atoms with Crippen molar-refractivity contribution in [2.45, 2.75) is 0 Å². The van der Waals surface area contributed by atoms with Gasteiger partial charge in [0.05, 0.1) is 11.2 Å². The monoisotopic (exact) mass is 401 g/mol. The Morgan fingerprint density at radius 1 is 1.04 bits per heavy atom. The molecule has 0 spiro atoms. The average Bonchev–Trinajstić information content (AvgIpc) is 3.08. The number of halogens is 2. The van der Waals surface area contributed by atoms with Gasteiger partial charge in [0.2, 0.25) is 0 Å². The summed E-state index contributed by atoms with van der Waals surface area (Å²) >= 11 is 13.4. The number of rotatable bonds is 6. The molecule has 0 bridgehead atoms. The first-order valence-corrected chi connectivity index (χ1v) is 9.17. The SMILES string of the molecule is O=C(C=Cc1ccc(C=NNc2cccc(Cl)n2)s1)c1ccccc1Cl. The highest BCUT2D eigenvalue weighted by atomic mass is 35.5. The number of hydrazone groups is 1. The summed E-state index contributed by atoms with van der Waals surface area (Å²) in [5.41, 5.74) is 3.30. The molecule has 0 amide bonds. The number of allylic oxidation sites excluding steroid dienone is 1. The van der Waals surface area contributed by atoms with Crippen LogP contribution in [-0.4, -0.2) is 17.0 Å². The van der Waals surface area contributed by atoms with Gasteiger partial charge in [0.1, 0.15) is 11.0 Å². The third kappa shape index (κ3) is 5.02. The van der Waals surface area contributed by atoms with Gasteiger partial charge in [-0.25, -0.2) is 4.98 Å². The molecule has 0 radical (unpaired) electrons. The number of aromatic nitrogens is 1. The third-order valence-corrected chi connectivity index (χ3v) is 4.80. The molecule has 3 rings (SSSR count). The summed E-state index contributed by atoms with van der Waals surface area (Å²) in [4.78, 5) is 18.1. The summed E-state index contributed by atoms with van der Waals surface area (Å²) in [5, 5.41) is 4.97. The zero-order valence-electron chi connectivity index (χ0n) is 13.4. The van der Waals surface area contributed by atoms with E-state index in [1.54, 1.807) is 54.8 Å². The van der Waals surface area contributed by atoms with E-state index in [9.17, 15) is 4.79 Å². The van der Waals surface area contributed by atoms with Gasteiger partial charge in [-0.15, -0.1) is 11.3 Å². The van der Waals surface area contributed by atoms with Crippen LogP contribution in [0.25, 0.3) is 6.08 Å². The van der Waals surface area contributed by atoms with Gasteiger partial charge in [-0.05, 0) is 48.6 Å². The molecule has 0 saturated heterocycles. The summed E-state index contributed by atoms with van der Waals surface area (Å²) in [7, 11) is 0. The van der Waals surface area contributed by atoms with Crippen molar-refractivity contribution in [1.29, 1.82) is 0 Å². The van der Waals surface area contributed by atoms with E-state index in [0.29, 0.717) is 21.6 Å². The second-order valence-corrected chi connectivity index (χ2v) is 7.07. The van der Waals surface area contributed by atoms with Crippen LogP contribution in [0.5, 0.6) is 0 Å². The summed E-state index contributed by atoms with van der Waals surface area (Å²) < 4.78 is 0. The Morgan fingerprint density at radius 2 is 1.85 bits per heavy atom. The molecule has 0 aliphatic heterocycles. The fourth-order valence-corrected chi connectivity index (χ4v) is 3.25. The number of carbonyl (C=O) groups is 1. The molecule has 0 atom stereocenters. The van der Waals surface area contributed by atoms with Crippen molar-refractivity contribution in [3.63, 3.8) is 0 Å². The Labute approximate surface area is 164 Å². The topological polar surface area (TPSA) is 54.4 Å². The molecule has 4 nitrogen and oxygen atoms in total. The molecule has 0 aliphatic rings. The highest BCUT2D eigenvalue weighted by molar-refractivity contribution is 7.14. The number of benzene rings is 1. The number of thiophene rings is 1. The van der Waals surface area contributed by atoms with Gasteiger partial charge in [-0.2, -0.15) is 5.10 Å². The van der Waals surface area contributed by atoms with Crippen molar-refractivity contribution in [1.82, 2.24) is 4.98 Å². The highest BCUT2D eigenvalue weighted by Crippen LogP contribution is 2.19. The molecule has 1 aromatic carbocycles. The lowest BCUT2D eigenvalue weighted by Crippen LogP contribution is -1.94. The van der Waals surface area contributed by atoms with Crippen LogP contribution in [0.2, 0.25) is 10.2 Å². The Balaban J connectivity index is 1.62. The fourth-order valence-electron chi connectivity index (χ4n) is 2.07. The van der Waals surface area contributed by atoms with E-state index in [0.717, 1.165) is 9.75 Å². The van der Waals surface area contributed by atoms with Crippen LogP contribution in [0.15, 0.2) is 65.8 Å². The number of hydrogen-bond donors (Lipinski definition) is 1. The van der Waals surface area contributed by atoms with Gasteiger partial charge in [0, 0.05) is 15.3 Å². The largest absolute Gasteiger partial charge is 0.289 e. The molecule has 3 aromatic rings. The summed E-state index contributed by atoms with van der Waals surface area (Å²) in [6.07, 6.45) is 4.96. The number of nitrogens with one attached hydrogen (secondary N) is 1. The predicted octanol–water partition coefficient (Wildman–Crippen LogP) is 5.79. The molecule has 1 N–H and O–H groups in total. The van der Waals surface area contributed by atoms with Crippen molar-refractivity contribution in [3.8, 4) is 0 Å². The Bertz CT molecular complexity index is 982. The zero-order chi connectivity index (χ0) is 18.4. The van der Waals surface area contributed by atoms with E-state index >= 15 is 0 Å². The Kier molecular flexibility index (Phi) is 6.17. The maximum absolute atomic E-state index is 12.2. The molecular formula is C19H13Cl2N3OS. The van der Waals surface area contributed by atoms with Crippen LogP contribution < -0.4 is 5.43 Å². The van der Waals surface area contributed by atoms with Crippen molar-refractivity contribution in [2.24, 2.45) is 5.10 Å². The second-order valence-electron chi connectivity index (χ2n) is 5.13. The molecule has 130 valence electrons. The van der Waals surface area contributed by atoms with E-state index in [1.807, 2.05) is 12.1 Å². The van der Waals surface area contributed by atoms with E-state index in [4.69, 9.17) is 23.2 Å². The number of anilines is 1. The van der Waals surface area contributed by atoms with Crippen LogP contribution in [0, 0.1) is 0 Å². The second kappa shape index (κ2) is 8.76. The third-order valence-electron chi connectivity index (χ3n) is 3.27. The lowest BCUT2D eigenvalue weighted by Gasteiger charge is -1.98. The predicted molar refractivity (Wildman–Crippen MR) is 110 cm³/mol. The van der Waals surface area contributed by atoms with Gasteiger partial charge in [-0.1, -0.05) is 41.4 Å². The van der Waals surface area contributed by atoms with Gasteiger partial charge < -0.3 is 0 Å². The minimum atomic E-state index is -0.132. The fraction of sp³-hybridized carbons (Fsp3) is 0. The minimum Gasteiger partial charge on any atom is -0.289 e. The number of pyridine rings is 1.